The molecule has 0 aliphatic carbocycles. The predicted octanol–water partition coefficient (Wildman–Crippen LogP) is 2.28. The third kappa shape index (κ3) is 4.30. The molecule has 0 aromatic carbocycles. The van der Waals surface area contributed by atoms with Crippen molar-refractivity contribution in [1.82, 2.24) is 15.6 Å². The minimum atomic E-state index is -0.0274. The largest absolute Gasteiger partial charge is 0.348 e. The third-order valence-corrected chi connectivity index (χ3v) is 4.16. The molecule has 3 atom stereocenters. The van der Waals surface area contributed by atoms with Crippen LogP contribution < -0.4 is 10.6 Å². The quantitative estimate of drug-likeness (QED) is 0.867. The van der Waals surface area contributed by atoms with Crippen LogP contribution in [0, 0.1) is 11.8 Å². The van der Waals surface area contributed by atoms with Gasteiger partial charge in [-0.2, -0.15) is 0 Å². The zero-order valence-corrected chi connectivity index (χ0v) is 12.4. The number of pyridine rings is 1. The Labute approximate surface area is 121 Å². The molecule has 2 heterocycles. The summed E-state index contributed by atoms with van der Waals surface area (Å²) in [5.41, 5.74) is 0.910. The Morgan fingerprint density at radius 1 is 1.50 bits per heavy atom. The molecule has 4 nitrogen and oxygen atoms in total. The molecule has 1 aliphatic heterocycles. The summed E-state index contributed by atoms with van der Waals surface area (Å²) in [6.07, 6.45) is 4.82. The van der Waals surface area contributed by atoms with Crippen molar-refractivity contribution in [3.05, 3.63) is 30.1 Å². The van der Waals surface area contributed by atoms with E-state index in [9.17, 15) is 4.79 Å². The first-order chi connectivity index (χ1) is 9.66. The first-order valence-corrected chi connectivity index (χ1v) is 7.58. The van der Waals surface area contributed by atoms with Crippen molar-refractivity contribution >= 4 is 5.91 Å². The molecule has 2 unspecified atom stereocenters. The van der Waals surface area contributed by atoms with Crippen LogP contribution in [0.3, 0.4) is 0 Å². The van der Waals surface area contributed by atoms with Gasteiger partial charge in [0.1, 0.15) is 0 Å². The van der Waals surface area contributed by atoms with Crippen molar-refractivity contribution in [2.45, 2.75) is 39.2 Å². The summed E-state index contributed by atoms with van der Waals surface area (Å²) in [7, 11) is 0. The topological polar surface area (TPSA) is 54.0 Å². The number of piperidine rings is 1. The Bertz CT molecular complexity index is 415. The van der Waals surface area contributed by atoms with Gasteiger partial charge in [0, 0.05) is 12.6 Å². The molecule has 20 heavy (non-hydrogen) atoms. The SMILES string of the molecule is CC(CC(=O)N[C@@H](C)c1ccccn1)C1CCCNC1. The van der Waals surface area contributed by atoms with Gasteiger partial charge in [-0.3, -0.25) is 9.78 Å². The summed E-state index contributed by atoms with van der Waals surface area (Å²) >= 11 is 0. The molecular formula is C16H25N3O. The van der Waals surface area contributed by atoms with E-state index in [2.05, 4.69) is 22.5 Å². The number of amides is 1. The van der Waals surface area contributed by atoms with Crippen LogP contribution in [0.2, 0.25) is 0 Å². The molecule has 1 saturated heterocycles. The Morgan fingerprint density at radius 2 is 2.35 bits per heavy atom. The van der Waals surface area contributed by atoms with E-state index in [1.165, 1.54) is 12.8 Å². The second kappa shape index (κ2) is 7.39. The van der Waals surface area contributed by atoms with Crippen LogP contribution in [0.1, 0.15) is 44.8 Å². The molecule has 0 radical (unpaired) electrons. The second-order valence-corrected chi connectivity index (χ2v) is 5.83. The van der Waals surface area contributed by atoms with Crippen LogP contribution in [-0.4, -0.2) is 24.0 Å². The summed E-state index contributed by atoms with van der Waals surface area (Å²) in [6, 6.07) is 5.75. The number of hydrogen-bond donors (Lipinski definition) is 2. The molecular weight excluding hydrogens is 250 g/mol. The number of nitrogens with one attached hydrogen (secondary N) is 2. The Morgan fingerprint density at radius 3 is 3.00 bits per heavy atom. The highest BCUT2D eigenvalue weighted by Crippen LogP contribution is 2.22. The second-order valence-electron chi connectivity index (χ2n) is 5.83. The normalized spacial score (nSPS) is 22.0. The van der Waals surface area contributed by atoms with E-state index in [0.29, 0.717) is 18.3 Å². The van der Waals surface area contributed by atoms with Crippen molar-refractivity contribution in [3.63, 3.8) is 0 Å². The van der Waals surface area contributed by atoms with Crippen molar-refractivity contribution in [2.24, 2.45) is 11.8 Å². The lowest BCUT2D eigenvalue weighted by molar-refractivity contribution is -0.123. The predicted molar refractivity (Wildman–Crippen MR) is 80.2 cm³/mol. The van der Waals surface area contributed by atoms with Gasteiger partial charge >= 0.3 is 0 Å². The van der Waals surface area contributed by atoms with E-state index in [-0.39, 0.29) is 11.9 Å². The van der Waals surface area contributed by atoms with Crippen LogP contribution >= 0.6 is 0 Å². The van der Waals surface area contributed by atoms with Gasteiger partial charge < -0.3 is 10.6 Å². The zero-order valence-electron chi connectivity index (χ0n) is 12.4. The molecule has 1 aliphatic rings. The Kier molecular flexibility index (Phi) is 5.53. The molecule has 0 saturated carbocycles. The average molecular weight is 275 g/mol. The molecule has 0 spiro atoms. The fraction of sp³-hybridized carbons (Fsp3) is 0.625. The smallest absolute Gasteiger partial charge is 0.220 e. The molecule has 2 rings (SSSR count). The van der Waals surface area contributed by atoms with E-state index < -0.39 is 0 Å². The van der Waals surface area contributed by atoms with E-state index in [0.717, 1.165) is 18.8 Å². The van der Waals surface area contributed by atoms with Crippen LogP contribution in [0.5, 0.6) is 0 Å². The number of carbonyl (C=O) groups excluding carboxylic acids is 1. The molecule has 2 N–H and O–H groups in total. The van der Waals surface area contributed by atoms with E-state index >= 15 is 0 Å². The van der Waals surface area contributed by atoms with Crippen molar-refractivity contribution in [1.29, 1.82) is 0 Å². The third-order valence-electron chi connectivity index (χ3n) is 4.16. The fourth-order valence-corrected chi connectivity index (χ4v) is 2.83. The number of hydrogen-bond acceptors (Lipinski definition) is 3. The van der Waals surface area contributed by atoms with Gasteiger partial charge in [-0.05, 0) is 56.8 Å². The number of carbonyl (C=O) groups is 1. The monoisotopic (exact) mass is 275 g/mol. The van der Waals surface area contributed by atoms with Crippen LogP contribution in [-0.2, 0) is 4.79 Å². The maximum absolute atomic E-state index is 12.1. The lowest BCUT2D eigenvalue weighted by Gasteiger charge is -2.28. The zero-order chi connectivity index (χ0) is 14.4. The van der Waals surface area contributed by atoms with Crippen LogP contribution in [0.4, 0.5) is 0 Å². The molecule has 1 aromatic heterocycles. The van der Waals surface area contributed by atoms with Gasteiger partial charge in [-0.15, -0.1) is 0 Å². The fourth-order valence-electron chi connectivity index (χ4n) is 2.83. The molecule has 4 heteroatoms. The van der Waals surface area contributed by atoms with E-state index in [4.69, 9.17) is 0 Å². The van der Waals surface area contributed by atoms with Crippen molar-refractivity contribution in [3.8, 4) is 0 Å². The summed E-state index contributed by atoms with van der Waals surface area (Å²) in [6.45, 7) is 6.33. The van der Waals surface area contributed by atoms with E-state index in [1.54, 1.807) is 6.20 Å². The summed E-state index contributed by atoms with van der Waals surface area (Å²) in [5.74, 6) is 1.18. The molecule has 0 bridgehead atoms. The first-order valence-electron chi connectivity index (χ1n) is 7.58. The van der Waals surface area contributed by atoms with E-state index in [1.807, 2.05) is 25.1 Å². The van der Waals surface area contributed by atoms with Gasteiger partial charge in [-0.25, -0.2) is 0 Å². The summed E-state index contributed by atoms with van der Waals surface area (Å²) in [5, 5.41) is 6.46. The minimum Gasteiger partial charge on any atom is -0.348 e. The Balaban J connectivity index is 1.79. The van der Waals surface area contributed by atoms with Gasteiger partial charge in [0.25, 0.3) is 0 Å². The highest BCUT2D eigenvalue weighted by molar-refractivity contribution is 5.76. The van der Waals surface area contributed by atoms with Crippen molar-refractivity contribution < 1.29 is 4.79 Å². The molecule has 1 amide bonds. The molecule has 110 valence electrons. The maximum Gasteiger partial charge on any atom is 0.220 e. The average Bonchev–Trinajstić information content (AvgIpc) is 2.49. The van der Waals surface area contributed by atoms with Gasteiger partial charge in [0.2, 0.25) is 5.91 Å². The highest BCUT2D eigenvalue weighted by Gasteiger charge is 2.22. The van der Waals surface area contributed by atoms with Crippen LogP contribution in [0.15, 0.2) is 24.4 Å². The maximum atomic E-state index is 12.1. The standard InChI is InChI=1S/C16H25N3O/c1-12(14-6-5-8-17-11-14)10-16(20)19-13(2)15-7-3-4-9-18-15/h3-4,7,9,12-14,17H,5-6,8,10-11H2,1-2H3,(H,19,20)/t12?,13-,14?/m0/s1. The molecule has 1 fully saturated rings. The lowest BCUT2D eigenvalue weighted by atomic mass is 9.85. The summed E-state index contributed by atoms with van der Waals surface area (Å²) in [4.78, 5) is 16.4. The summed E-state index contributed by atoms with van der Waals surface area (Å²) < 4.78 is 0. The number of rotatable bonds is 5. The van der Waals surface area contributed by atoms with Crippen molar-refractivity contribution in [2.75, 3.05) is 13.1 Å². The molecule has 1 aromatic rings. The van der Waals surface area contributed by atoms with Gasteiger partial charge in [0.15, 0.2) is 0 Å². The first kappa shape index (κ1) is 15.0. The highest BCUT2D eigenvalue weighted by atomic mass is 16.1. The Hall–Kier alpha value is -1.42. The van der Waals surface area contributed by atoms with Gasteiger partial charge in [0.05, 0.1) is 11.7 Å². The lowest BCUT2D eigenvalue weighted by Crippen LogP contribution is -2.36. The van der Waals surface area contributed by atoms with Crippen LogP contribution in [0.25, 0.3) is 0 Å². The minimum absolute atomic E-state index is 0.0274. The number of nitrogens with zero attached hydrogens (tertiary/aromatic N) is 1. The van der Waals surface area contributed by atoms with Gasteiger partial charge in [-0.1, -0.05) is 13.0 Å². The number of aromatic nitrogens is 1.